The number of aromatic nitrogens is 3. The Morgan fingerprint density at radius 1 is 1.50 bits per heavy atom. The molecule has 1 aromatic heterocycles. The largest absolute Gasteiger partial charge is 1.00 e. The number of nitrogens with zero attached hydrogens (tertiary/aromatic N) is 3. The van der Waals surface area contributed by atoms with E-state index in [-0.39, 0.29) is 18.9 Å². The average Bonchev–Trinajstić information content (AvgIpc) is 2.70. The Morgan fingerprint density at radius 2 is 2.25 bits per heavy atom. The Bertz CT molecular complexity index is 503. The van der Waals surface area contributed by atoms with Gasteiger partial charge >= 0.3 is 18.9 Å². The van der Waals surface area contributed by atoms with Crippen molar-refractivity contribution >= 4 is 11.0 Å². The van der Waals surface area contributed by atoms with E-state index in [1.807, 2.05) is 31.2 Å². The van der Waals surface area contributed by atoms with Crippen molar-refractivity contribution in [3.05, 3.63) is 30.7 Å². The molecule has 0 amide bonds. The van der Waals surface area contributed by atoms with Crippen LogP contribution in [0.15, 0.2) is 24.3 Å². The van der Waals surface area contributed by atoms with Gasteiger partial charge in [-0.2, -0.15) is 0 Å². The van der Waals surface area contributed by atoms with E-state index in [2.05, 4.69) is 16.2 Å². The third kappa shape index (κ3) is 2.28. The van der Waals surface area contributed by atoms with Crippen LogP contribution in [0, 0.1) is 12.3 Å². The summed E-state index contributed by atoms with van der Waals surface area (Å²) in [5.41, 5.74) is 1.63. The van der Waals surface area contributed by atoms with E-state index in [1.54, 1.807) is 4.68 Å². The zero-order chi connectivity index (χ0) is 10.7. The van der Waals surface area contributed by atoms with E-state index in [9.17, 15) is 0 Å². The quantitative estimate of drug-likeness (QED) is 0.351. The van der Waals surface area contributed by atoms with Crippen LogP contribution in [0.5, 0.6) is 0 Å². The SMILES string of the molecule is [C-]#CC(OCC)n1nnc2ccccc21.[Li+]. The maximum Gasteiger partial charge on any atom is 1.00 e. The van der Waals surface area contributed by atoms with Gasteiger partial charge in [0.2, 0.25) is 0 Å². The summed E-state index contributed by atoms with van der Waals surface area (Å²) in [7, 11) is 0. The summed E-state index contributed by atoms with van der Waals surface area (Å²) in [4.78, 5) is 0. The summed E-state index contributed by atoms with van der Waals surface area (Å²) in [5, 5.41) is 7.92. The summed E-state index contributed by atoms with van der Waals surface area (Å²) in [5.74, 6) is 2.29. The number of fused-ring (bicyclic) bond motifs is 1. The molecule has 0 saturated carbocycles. The maximum atomic E-state index is 7.15. The van der Waals surface area contributed by atoms with Gasteiger partial charge in [-0.15, -0.1) is 5.10 Å². The number of hydrogen-bond acceptors (Lipinski definition) is 3. The molecule has 0 aliphatic rings. The first-order valence-electron chi connectivity index (χ1n) is 4.70. The Balaban J connectivity index is 0.00000128. The van der Waals surface area contributed by atoms with Crippen LogP contribution in [0.3, 0.4) is 0 Å². The van der Waals surface area contributed by atoms with Crippen LogP contribution in [0.2, 0.25) is 0 Å². The number of rotatable bonds is 3. The van der Waals surface area contributed by atoms with E-state index in [4.69, 9.17) is 11.2 Å². The molecule has 1 heterocycles. The summed E-state index contributed by atoms with van der Waals surface area (Å²) in [6.45, 7) is 2.37. The monoisotopic (exact) mass is 207 g/mol. The van der Waals surface area contributed by atoms with Gasteiger partial charge in [0, 0.05) is 6.61 Å². The molecule has 1 aromatic carbocycles. The topological polar surface area (TPSA) is 39.9 Å². The molecule has 0 radical (unpaired) electrons. The van der Waals surface area contributed by atoms with Gasteiger partial charge in [0.25, 0.3) is 0 Å². The first-order valence-corrected chi connectivity index (χ1v) is 4.70. The van der Waals surface area contributed by atoms with Crippen LogP contribution in [-0.4, -0.2) is 21.6 Å². The van der Waals surface area contributed by atoms with Gasteiger partial charge in [0.15, 0.2) is 6.23 Å². The molecular formula is C11H10LiN3O. The molecule has 0 aliphatic carbocycles. The molecule has 76 valence electrons. The molecule has 2 rings (SSSR count). The predicted molar refractivity (Wildman–Crippen MR) is 55.3 cm³/mol. The standard InChI is InChI=1S/C11H10N3O.Li/c1-3-11(15-4-2)14-10-8-6-5-7-9(10)12-13-14;/h5-8,11H,4H2,2H3;/q-1;+1. The molecule has 1 unspecified atom stereocenters. The fourth-order valence-electron chi connectivity index (χ4n) is 1.39. The fourth-order valence-corrected chi connectivity index (χ4v) is 1.39. The van der Waals surface area contributed by atoms with Gasteiger partial charge in [-0.1, -0.05) is 17.3 Å². The molecule has 4 nitrogen and oxygen atoms in total. The van der Waals surface area contributed by atoms with Crippen LogP contribution in [0.1, 0.15) is 13.2 Å². The van der Waals surface area contributed by atoms with Crippen LogP contribution in [0.4, 0.5) is 0 Å². The first kappa shape index (κ1) is 12.8. The number of ether oxygens (including phenoxy) is 1. The molecule has 0 bridgehead atoms. The minimum Gasteiger partial charge on any atom is -0.689 e. The summed E-state index contributed by atoms with van der Waals surface area (Å²) >= 11 is 0. The molecule has 5 heteroatoms. The van der Waals surface area contributed by atoms with Crippen LogP contribution in [0.25, 0.3) is 11.0 Å². The van der Waals surface area contributed by atoms with Crippen molar-refractivity contribution in [2.24, 2.45) is 0 Å². The van der Waals surface area contributed by atoms with Gasteiger partial charge in [-0.3, -0.25) is 0 Å². The van der Waals surface area contributed by atoms with Crippen molar-refractivity contribution in [2.75, 3.05) is 6.61 Å². The zero-order valence-electron chi connectivity index (χ0n) is 9.34. The Morgan fingerprint density at radius 3 is 2.94 bits per heavy atom. The van der Waals surface area contributed by atoms with Crippen LogP contribution >= 0.6 is 0 Å². The van der Waals surface area contributed by atoms with Gasteiger partial charge in [-0.25, -0.2) is 4.68 Å². The third-order valence-corrected chi connectivity index (χ3v) is 2.05. The number of hydrogen-bond donors (Lipinski definition) is 0. The minimum atomic E-state index is -0.595. The second-order valence-electron chi connectivity index (χ2n) is 2.97. The van der Waals surface area contributed by atoms with Crippen molar-refractivity contribution < 1.29 is 23.6 Å². The molecule has 0 aliphatic heterocycles. The van der Waals surface area contributed by atoms with E-state index in [0.29, 0.717) is 6.61 Å². The van der Waals surface area contributed by atoms with Crippen LogP contribution < -0.4 is 18.9 Å². The van der Waals surface area contributed by atoms with Crippen molar-refractivity contribution in [1.82, 2.24) is 15.0 Å². The summed E-state index contributed by atoms with van der Waals surface area (Å²) in [6, 6.07) is 7.55. The normalized spacial score (nSPS) is 11.8. The van der Waals surface area contributed by atoms with Crippen molar-refractivity contribution in [2.45, 2.75) is 13.2 Å². The second-order valence-corrected chi connectivity index (χ2v) is 2.97. The molecule has 1 atom stereocenters. The molecule has 0 N–H and O–H groups in total. The van der Waals surface area contributed by atoms with Crippen molar-refractivity contribution in [3.8, 4) is 5.92 Å². The van der Waals surface area contributed by atoms with Crippen molar-refractivity contribution in [1.29, 1.82) is 0 Å². The van der Waals surface area contributed by atoms with E-state index >= 15 is 0 Å². The maximum absolute atomic E-state index is 7.15. The predicted octanol–water partition coefficient (Wildman–Crippen LogP) is -1.44. The Kier molecular flexibility index (Phi) is 4.58. The zero-order valence-corrected chi connectivity index (χ0v) is 9.34. The first-order chi connectivity index (χ1) is 7.36. The van der Waals surface area contributed by atoms with Crippen molar-refractivity contribution in [3.63, 3.8) is 0 Å². The molecule has 0 spiro atoms. The molecule has 0 saturated heterocycles. The van der Waals surface area contributed by atoms with Gasteiger partial charge in [0.05, 0.1) is 5.52 Å². The molecule has 0 fully saturated rings. The van der Waals surface area contributed by atoms with E-state index in [1.165, 1.54) is 0 Å². The summed E-state index contributed by atoms with van der Waals surface area (Å²) < 4.78 is 6.85. The number of para-hydroxylation sites is 1. The van der Waals surface area contributed by atoms with Gasteiger partial charge in [0.1, 0.15) is 5.52 Å². The Labute approximate surface area is 106 Å². The number of benzene rings is 1. The molecule has 16 heavy (non-hydrogen) atoms. The molecule has 2 aromatic rings. The van der Waals surface area contributed by atoms with Crippen LogP contribution in [-0.2, 0) is 4.74 Å². The smallest absolute Gasteiger partial charge is 0.689 e. The minimum absolute atomic E-state index is 0. The van der Waals surface area contributed by atoms with E-state index < -0.39 is 6.23 Å². The van der Waals surface area contributed by atoms with E-state index in [0.717, 1.165) is 11.0 Å². The van der Waals surface area contributed by atoms with Gasteiger partial charge in [-0.05, 0) is 19.1 Å². The third-order valence-electron chi connectivity index (χ3n) is 2.05. The summed E-state index contributed by atoms with van der Waals surface area (Å²) in [6.07, 6.45) is 6.56. The second kappa shape index (κ2) is 5.72. The van der Waals surface area contributed by atoms with Gasteiger partial charge < -0.3 is 17.1 Å². The fraction of sp³-hybridized carbons (Fsp3) is 0.273. The average molecular weight is 207 g/mol. The Hall–Kier alpha value is -1.26. The molecular weight excluding hydrogens is 197 g/mol.